The van der Waals surface area contributed by atoms with E-state index in [9.17, 15) is 9.59 Å². The Balaban J connectivity index is 1.70. The summed E-state index contributed by atoms with van der Waals surface area (Å²) < 4.78 is 10.8. The smallest absolute Gasteiger partial charge is 0.255 e. The fourth-order valence-corrected chi connectivity index (χ4v) is 3.31. The lowest BCUT2D eigenvalue weighted by Crippen LogP contribution is -2.38. The van der Waals surface area contributed by atoms with Gasteiger partial charge in [0.25, 0.3) is 5.91 Å². The van der Waals surface area contributed by atoms with Gasteiger partial charge in [0, 0.05) is 25.9 Å². The summed E-state index contributed by atoms with van der Waals surface area (Å²) in [4.78, 5) is 37.8. The van der Waals surface area contributed by atoms with Crippen LogP contribution in [-0.4, -0.2) is 70.6 Å². The van der Waals surface area contributed by atoms with Crippen LogP contribution in [0.5, 0.6) is 5.88 Å². The Bertz CT molecular complexity index is 865. The summed E-state index contributed by atoms with van der Waals surface area (Å²) in [7, 11) is 1.58. The van der Waals surface area contributed by atoms with E-state index in [1.165, 1.54) is 12.3 Å². The van der Waals surface area contributed by atoms with E-state index in [0.29, 0.717) is 42.4 Å². The second-order valence-corrected chi connectivity index (χ2v) is 6.78. The number of aromatic nitrogens is 3. The number of amides is 2. The quantitative estimate of drug-likeness (QED) is 0.661. The molecule has 0 spiro atoms. The first-order chi connectivity index (χ1) is 13.5. The van der Waals surface area contributed by atoms with Crippen LogP contribution < -0.4 is 10.1 Å². The number of carbonyl (C=O) groups excluding carboxylic acids is 2. The zero-order valence-corrected chi connectivity index (χ0v) is 16.1. The van der Waals surface area contributed by atoms with E-state index in [1.54, 1.807) is 18.2 Å². The van der Waals surface area contributed by atoms with E-state index in [1.807, 2.05) is 6.92 Å². The first kappa shape index (κ1) is 19.8. The molecule has 0 aromatic carbocycles. The maximum absolute atomic E-state index is 12.5. The molecule has 1 aliphatic rings. The third-order valence-electron chi connectivity index (χ3n) is 4.66. The van der Waals surface area contributed by atoms with Gasteiger partial charge in [0.05, 0.1) is 24.4 Å². The van der Waals surface area contributed by atoms with Crippen LogP contribution in [-0.2, 0) is 9.53 Å². The van der Waals surface area contributed by atoms with Crippen molar-refractivity contribution in [2.75, 3.05) is 26.9 Å². The standard InChI is InChI=1S/C19H25N5O4/c1-4-16(25)24-7-5-6-13(24)11-28-15-9-21-18-17(23-15)14(8-20-18)19(26)22-12(2)10-27-3/h4,8-9,12-13H,1,5-7,10-11H2,2-3H3,(H,20,21)(H,22,26). The normalized spacial score (nSPS) is 17.5. The van der Waals surface area contributed by atoms with Gasteiger partial charge in [-0.1, -0.05) is 6.58 Å². The number of likely N-dealkylation sites (tertiary alicyclic amines) is 1. The van der Waals surface area contributed by atoms with Gasteiger partial charge in [0.15, 0.2) is 5.65 Å². The van der Waals surface area contributed by atoms with Gasteiger partial charge in [-0.05, 0) is 25.8 Å². The number of rotatable bonds is 8. The largest absolute Gasteiger partial charge is 0.474 e. The molecule has 2 amide bonds. The molecular weight excluding hydrogens is 362 g/mol. The Kier molecular flexibility index (Phi) is 6.25. The minimum absolute atomic E-state index is 0.0214. The molecule has 2 aromatic heterocycles. The number of H-pyrrole nitrogens is 1. The number of hydrogen-bond donors (Lipinski definition) is 2. The number of methoxy groups -OCH3 is 1. The van der Waals surface area contributed by atoms with Crippen molar-refractivity contribution in [2.45, 2.75) is 31.8 Å². The predicted octanol–water partition coefficient (Wildman–Crippen LogP) is 1.28. The molecule has 2 N–H and O–H groups in total. The summed E-state index contributed by atoms with van der Waals surface area (Å²) in [5.41, 5.74) is 1.33. The fraction of sp³-hybridized carbons (Fsp3) is 0.474. The lowest BCUT2D eigenvalue weighted by atomic mass is 10.2. The third-order valence-corrected chi connectivity index (χ3v) is 4.66. The van der Waals surface area contributed by atoms with Gasteiger partial charge in [-0.15, -0.1) is 0 Å². The highest BCUT2D eigenvalue weighted by Gasteiger charge is 2.28. The Hall–Kier alpha value is -2.94. The Morgan fingerprint density at radius 1 is 1.54 bits per heavy atom. The number of aromatic amines is 1. The highest BCUT2D eigenvalue weighted by molar-refractivity contribution is 6.04. The second-order valence-electron chi connectivity index (χ2n) is 6.78. The fourth-order valence-electron chi connectivity index (χ4n) is 3.31. The zero-order valence-electron chi connectivity index (χ0n) is 16.1. The van der Waals surface area contributed by atoms with E-state index in [-0.39, 0.29) is 23.9 Å². The molecule has 1 fully saturated rings. The molecule has 3 rings (SSSR count). The molecule has 1 aliphatic heterocycles. The first-order valence-electron chi connectivity index (χ1n) is 9.23. The summed E-state index contributed by atoms with van der Waals surface area (Å²) in [5.74, 6) is -0.0489. The number of nitrogens with one attached hydrogen (secondary N) is 2. The molecular formula is C19H25N5O4. The molecule has 9 nitrogen and oxygen atoms in total. The molecule has 0 aliphatic carbocycles. The van der Waals surface area contributed by atoms with Crippen molar-refractivity contribution >= 4 is 23.0 Å². The molecule has 28 heavy (non-hydrogen) atoms. The number of ether oxygens (including phenoxy) is 2. The third kappa shape index (κ3) is 4.30. The van der Waals surface area contributed by atoms with Crippen molar-refractivity contribution in [3.8, 4) is 5.88 Å². The highest BCUT2D eigenvalue weighted by atomic mass is 16.5. The predicted molar refractivity (Wildman–Crippen MR) is 103 cm³/mol. The SMILES string of the molecule is C=CC(=O)N1CCCC1COc1cnc2[nH]cc(C(=O)NC(C)COC)c2n1. The first-order valence-corrected chi connectivity index (χ1v) is 9.23. The van der Waals surface area contributed by atoms with Crippen LogP contribution in [0.4, 0.5) is 0 Å². The van der Waals surface area contributed by atoms with Crippen molar-refractivity contribution in [1.82, 2.24) is 25.2 Å². The van der Waals surface area contributed by atoms with Crippen molar-refractivity contribution in [2.24, 2.45) is 0 Å². The molecule has 0 radical (unpaired) electrons. The summed E-state index contributed by atoms with van der Waals surface area (Å²) in [5, 5.41) is 2.85. The molecule has 150 valence electrons. The molecule has 0 bridgehead atoms. The van der Waals surface area contributed by atoms with Gasteiger partial charge in [-0.25, -0.2) is 9.97 Å². The summed E-state index contributed by atoms with van der Waals surface area (Å²) in [6, 6.07) is -0.155. The molecule has 3 heterocycles. The van der Waals surface area contributed by atoms with Crippen LogP contribution in [0.15, 0.2) is 25.0 Å². The van der Waals surface area contributed by atoms with Gasteiger partial charge in [0.2, 0.25) is 11.8 Å². The van der Waals surface area contributed by atoms with Gasteiger partial charge in [0.1, 0.15) is 12.1 Å². The maximum Gasteiger partial charge on any atom is 0.255 e. The van der Waals surface area contributed by atoms with Crippen molar-refractivity contribution < 1.29 is 19.1 Å². The Morgan fingerprint density at radius 3 is 3.11 bits per heavy atom. The van der Waals surface area contributed by atoms with Crippen LogP contribution in [0.3, 0.4) is 0 Å². The molecule has 9 heteroatoms. The lowest BCUT2D eigenvalue weighted by molar-refractivity contribution is -0.127. The number of carbonyl (C=O) groups is 2. The second kappa shape index (κ2) is 8.83. The number of fused-ring (bicyclic) bond motifs is 1. The highest BCUT2D eigenvalue weighted by Crippen LogP contribution is 2.21. The van der Waals surface area contributed by atoms with Crippen molar-refractivity contribution in [1.29, 1.82) is 0 Å². The van der Waals surface area contributed by atoms with Crippen LogP contribution in [0.2, 0.25) is 0 Å². The minimum Gasteiger partial charge on any atom is -0.474 e. The van der Waals surface area contributed by atoms with Crippen LogP contribution in [0.25, 0.3) is 11.2 Å². The van der Waals surface area contributed by atoms with Gasteiger partial charge < -0.3 is 24.7 Å². The van der Waals surface area contributed by atoms with Gasteiger partial charge >= 0.3 is 0 Å². The topological polar surface area (TPSA) is 109 Å². The lowest BCUT2D eigenvalue weighted by Gasteiger charge is -2.23. The maximum atomic E-state index is 12.5. The molecule has 2 aromatic rings. The average molecular weight is 387 g/mol. The van der Waals surface area contributed by atoms with Crippen molar-refractivity contribution in [3.05, 3.63) is 30.6 Å². The molecule has 0 saturated carbocycles. The van der Waals surface area contributed by atoms with Crippen LogP contribution >= 0.6 is 0 Å². The van der Waals surface area contributed by atoms with Crippen molar-refractivity contribution in [3.63, 3.8) is 0 Å². The van der Waals surface area contributed by atoms with Gasteiger partial charge in [-0.3, -0.25) is 9.59 Å². The van der Waals surface area contributed by atoms with E-state index >= 15 is 0 Å². The summed E-state index contributed by atoms with van der Waals surface area (Å²) in [6.45, 7) is 6.82. The van der Waals surface area contributed by atoms with E-state index < -0.39 is 0 Å². The minimum atomic E-state index is -0.263. The Labute approximate surface area is 163 Å². The molecule has 2 atom stereocenters. The van der Waals surface area contributed by atoms with Crippen LogP contribution in [0.1, 0.15) is 30.1 Å². The monoisotopic (exact) mass is 387 g/mol. The van der Waals surface area contributed by atoms with E-state index in [4.69, 9.17) is 9.47 Å². The zero-order chi connectivity index (χ0) is 20.1. The molecule has 2 unspecified atom stereocenters. The number of nitrogens with zero attached hydrogens (tertiary/aromatic N) is 3. The summed E-state index contributed by atoms with van der Waals surface area (Å²) >= 11 is 0. The van der Waals surface area contributed by atoms with E-state index in [2.05, 4.69) is 26.8 Å². The number of hydrogen-bond acceptors (Lipinski definition) is 6. The molecule has 1 saturated heterocycles. The average Bonchev–Trinajstić information content (AvgIpc) is 3.32. The Morgan fingerprint density at radius 2 is 2.36 bits per heavy atom. The summed E-state index contributed by atoms with van der Waals surface area (Å²) in [6.07, 6.45) is 6.19. The van der Waals surface area contributed by atoms with Gasteiger partial charge in [-0.2, -0.15) is 0 Å². The van der Waals surface area contributed by atoms with Crippen LogP contribution in [0, 0.1) is 0 Å². The van der Waals surface area contributed by atoms with E-state index in [0.717, 1.165) is 12.8 Å².